The van der Waals surface area contributed by atoms with E-state index >= 15 is 0 Å². The Bertz CT molecular complexity index is 283. The molecule has 0 saturated carbocycles. The van der Waals surface area contributed by atoms with Crippen molar-refractivity contribution in [2.75, 3.05) is 13.1 Å². The summed E-state index contributed by atoms with van der Waals surface area (Å²) < 4.78 is 0. The van der Waals surface area contributed by atoms with E-state index in [2.05, 4.69) is 5.32 Å². The number of amides is 2. The summed E-state index contributed by atoms with van der Waals surface area (Å²) in [7, 11) is 0. The Balaban J connectivity index is 2.35. The predicted octanol–water partition coefficient (Wildman–Crippen LogP) is 0.0968. The van der Waals surface area contributed by atoms with Crippen LogP contribution in [0, 0.1) is 5.92 Å². The minimum Gasteiger partial charge on any atom is -0.352 e. The first kappa shape index (κ1) is 14.0. The molecular weight excluding hydrogens is 218 g/mol. The van der Waals surface area contributed by atoms with Crippen molar-refractivity contribution in [2.24, 2.45) is 11.7 Å². The first-order valence-corrected chi connectivity index (χ1v) is 6.23. The average molecular weight is 241 g/mol. The molecule has 5 heteroatoms. The molecule has 0 unspecified atom stereocenters. The summed E-state index contributed by atoms with van der Waals surface area (Å²) in [5.41, 5.74) is 5.78. The lowest BCUT2D eigenvalue weighted by Crippen LogP contribution is -2.51. The van der Waals surface area contributed by atoms with Gasteiger partial charge in [0.05, 0.1) is 6.04 Å². The Morgan fingerprint density at radius 1 is 1.29 bits per heavy atom. The van der Waals surface area contributed by atoms with Crippen molar-refractivity contribution in [1.82, 2.24) is 10.2 Å². The van der Waals surface area contributed by atoms with E-state index in [1.807, 2.05) is 18.7 Å². The monoisotopic (exact) mass is 241 g/mol. The van der Waals surface area contributed by atoms with Gasteiger partial charge in [-0.15, -0.1) is 0 Å². The fourth-order valence-corrected chi connectivity index (χ4v) is 1.94. The van der Waals surface area contributed by atoms with Crippen molar-refractivity contribution >= 4 is 11.8 Å². The van der Waals surface area contributed by atoms with Crippen LogP contribution in [0.15, 0.2) is 0 Å². The molecular formula is C12H23N3O2. The van der Waals surface area contributed by atoms with E-state index in [4.69, 9.17) is 5.73 Å². The zero-order valence-electron chi connectivity index (χ0n) is 10.9. The molecule has 5 nitrogen and oxygen atoms in total. The topological polar surface area (TPSA) is 75.4 Å². The zero-order valence-corrected chi connectivity index (χ0v) is 10.9. The lowest BCUT2D eigenvalue weighted by molar-refractivity contribution is -0.130. The van der Waals surface area contributed by atoms with Crippen LogP contribution in [0.2, 0.25) is 0 Å². The lowest BCUT2D eigenvalue weighted by atomic mass is 10.0. The van der Waals surface area contributed by atoms with Gasteiger partial charge in [0.25, 0.3) is 0 Å². The standard InChI is InChI=1S/C12H23N3O2/c1-8(2)11(13)12(17)14-10-4-6-15(7-5-10)9(3)16/h8,10-11H,4-7,13H2,1-3H3,(H,14,17)/t11-/m0/s1. The number of carbonyl (C=O) groups is 2. The smallest absolute Gasteiger partial charge is 0.237 e. The summed E-state index contributed by atoms with van der Waals surface area (Å²) >= 11 is 0. The molecule has 1 heterocycles. The summed E-state index contributed by atoms with van der Waals surface area (Å²) in [4.78, 5) is 24.7. The molecule has 0 aromatic carbocycles. The highest BCUT2D eigenvalue weighted by atomic mass is 16.2. The summed E-state index contributed by atoms with van der Waals surface area (Å²) in [5.74, 6) is 0.169. The van der Waals surface area contributed by atoms with Crippen LogP contribution < -0.4 is 11.1 Å². The van der Waals surface area contributed by atoms with Crippen LogP contribution in [0.1, 0.15) is 33.6 Å². The molecule has 1 saturated heterocycles. The van der Waals surface area contributed by atoms with Crippen molar-refractivity contribution in [3.8, 4) is 0 Å². The number of nitrogens with one attached hydrogen (secondary N) is 1. The maximum absolute atomic E-state index is 11.8. The third kappa shape index (κ3) is 4.00. The summed E-state index contributed by atoms with van der Waals surface area (Å²) in [6.45, 7) is 6.88. The molecule has 3 N–H and O–H groups in total. The summed E-state index contributed by atoms with van der Waals surface area (Å²) in [5, 5.41) is 2.96. The molecule has 0 aromatic rings. The second-order valence-corrected chi connectivity index (χ2v) is 5.06. The van der Waals surface area contributed by atoms with Crippen molar-refractivity contribution < 1.29 is 9.59 Å². The van der Waals surface area contributed by atoms with E-state index in [1.54, 1.807) is 6.92 Å². The molecule has 17 heavy (non-hydrogen) atoms. The third-order valence-corrected chi connectivity index (χ3v) is 3.31. The third-order valence-electron chi connectivity index (χ3n) is 3.31. The maximum atomic E-state index is 11.8. The number of nitrogens with two attached hydrogens (primary N) is 1. The van der Waals surface area contributed by atoms with Crippen LogP contribution >= 0.6 is 0 Å². The van der Waals surface area contributed by atoms with E-state index in [1.165, 1.54) is 0 Å². The number of hydrogen-bond acceptors (Lipinski definition) is 3. The van der Waals surface area contributed by atoms with Crippen molar-refractivity contribution in [3.63, 3.8) is 0 Å². The SMILES string of the molecule is CC(=O)N1CCC(NC(=O)[C@@H](N)C(C)C)CC1. The van der Waals surface area contributed by atoms with Gasteiger partial charge in [-0.1, -0.05) is 13.8 Å². The molecule has 1 atom stereocenters. The van der Waals surface area contributed by atoms with Gasteiger partial charge < -0.3 is 16.0 Å². The molecule has 1 aliphatic rings. The second-order valence-electron chi connectivity index (χ2n) is 5.06. The molecule has 0 radical (unpaired) electrons. The van der Waals surface area contributed by atoms with Crippen molar-refractivity contribution in [3.05, 3.63) is 0 Å². The predicted molar refractivity (Wildman–Crippen MR) is 66.2 cm³/mol. The van der Waals surface area contributed by atoms with Gasteiger partial charge in [0.2, 0.25) is 11.8 Å². The van der Waals surface area contributed by atoms with Crippen LogP contribution in [0.25, 0.3) is 0 Å². The number of likely N-dealkylation sites (tertiary alicyclic amines) is 1. The van der Waals surface area contributed by atoms with Crippen LogP contribution in [-0.2, 0) is 9.59 Å². The van der Waals surface area contributed by atoms with E-state index in [0.29, 0.717) is 0 Å². The Morgan fingerprint density at radius 2 is 1.82 bits per heavy atom. The quantitative estimate of drug-likeness (QED) is 0.735. The molecule has 1 aliphatic heterocycles. The fraction of sp³-hybridized carbons (Fsp3) is 0.833. The fourth-order valence-electron chi connectivity index (χ4n) is 1.94. The first-order chi connectivity index (χ1) is 7.91. The van der Waals surface area contributed by atoms with Gasteiger partial charge >= 0.3 is 0 Å². The van der Waals surface area contributed by atoms with E-state index in [0.717, 1.165) is 25.9 Å². The molecule has 0 bridgehead atoms. The van der Waals surface area contributed by atoms with Crippen LogP contribution in [0.3, 0.4) is 0 Å². The maximum Gasteiger partial charge on any atom is 0.237 e. The Hall–Kier alpha value is -1.10. The number of hydrogen-bond donors (Lipinski definition) is 2. The highest BCUT2D eigenvalue weighted by molar-refractivity contribution is 5.82. The highest BCUT2D eigenvalue weighted by Crippen LogP contribution is 2.11. The van der Waals surface area contributed by atoms with Gasteiger partial charge in [0, 0.05) is 26.1 Å². The largest absolute Gasteiger partial charge is 0.352 e. The molecule has 1 rings (SSSR count). The van der Waals surface area contributed by atoms with Gasteiger partial charge in [-0.25, -0.2) is 0 Å². The second kappa shape index (κ2) is 6.00. The minimum atomic E-state index is -0.444. The summed E-state index contributed by atoms with van der Waals surface area (Å²) in [6.07, 6.45) is 1.63. The van der Waals surface area contributed by atoms with E-state index in [9.17, 15) is 9.59 Å². The average Bonchev–Trinajstić information content (AvgIpc) is 2.28. The molecule has 1 fully saturated rings. The Kier molecular flexibility index (Phi) is 4.93. The Labute approximate surface area is 103 Å². The highest BCUT2D eigenvalue weighted by Gasteiger charge is 2.24. The van der Waals surface area contributed by atoms with Crippen LogP contribution in [0.5, 0.6) is 0 Å². The van der Waals surface area contributed by atoms with Gasteiger partial charge in [-0.2, -0.15) is 0 Å². The van der Waals surface area contributed by atoms with Crippen LogP contribution in [-0.4, -0.2) is 41.9 Å². The number of nitrogens with zero attached hydrogens (tertiary/aromatic N) is 1. The van der Waals surface area contributed by atoms with Crippen molar-refractivity contribution in [1.29, 1.82) is 0 Å². The van der Waals surface area contributed by atoms with E-state index in [-0.39, 0.29) is 23.8 Å². The van der Waals surface area contributed by atoms with Gasteiger partial charge in [0.1, 0.15) is 0 Å². The summed E-state index contributed by atoms with van der Waals surface area (Å²) in [6, 6.07) is -0.288. The van der Waals surface area contributed by atoms with E-state index < -0.39 is 6.04 Å². The van der Waals surface area contributed by atoms with Gasteiger partial charge in [-0.05, 0) is 18.8 Å². The molecule has 2 amide bonds. The first-order valence-electron chi connectivity index (χ1n) is 6.23. The molecule has 0 aromatic heterocycles. The number of piperidine rings is 1. The Morgan fingerprint density at radius 3 is 2.24 bits per heavy atom. The normalized spacial score (nSPS) is 19.2. The number of carbonyl (C=O) groups excluding carboxylic acids is 2. The number of rotatable bonds is 3. The minimum absolute atomic E-state index is 0.0822. The molecule has 0 aliphatic carbocycles. The van der Waals surface area contributed by atoms with Gasteiger partial charge in [-0.3, -0.25) is 9.59 Å². The zero-order chi connectivity index (χ0) is 13.0. The molecule has 98 valence electrons. The van der Waals surface area contributed by atoms with Crippen molar-refractivity contribution in [2.45, 2.75) is 45.7 Å². The van der Waals surface area contributed by atoms with Gasteiger partial charge in [0.15, 0.2) is 0 Å². The van der Waals surface area contributed by atoms with Crippen LogP contribution in [0.4, 0.5) is 0 Å². The lowest BCUT2D eigenvalue weighted by Gasteiger charge is -2.32. The molecule has 0 spiro atoms.